The zero-order valence-electron chi connectivity index (χ0n) is 30.7. The van der Waals surface area contributed by atoms with E-state index < -0.39 is 7.14 Å². The van der Waals surface area contributed by atoms with Gasteiger partial charge in [-0.15, -0.1) is 11.3 Å². The molecule has 2 aromatic heterocycles. The van der Waals surface area contributed by atoms with Crippen LogP contribution in [0.15, 0.2) is 206 Å². The van der Waals surface area contributed by atoms with E-state index in [9.17, 15) is 4.57 Å². The summed E-state index contributed by atoms with van der Waals surface area (Å²) in [5.41, 5.74) is 7.19. The van der Waals surface area contributed by atoms with Crippen molar-refractivity contribution in [3.8, 4) is 56.4 Å². The van der Waals surface area contributed by atoms with Gasteiger partial charge in [-0.25, -0.2) is 15.0 Å². The molecule has 0 saturated heterocycles. The van der Waals surface area contributed by atoms with Crippen molar-refractivity contribution >= 4 is 54.6 Å². The Hall–Kier alpha value is -6.78. The number of thiophene rings is 1. The number of benzene rings is 8. The van der Waals surface area contributed by atoms with Crippen LogP contribution in [0.1, 0.15) is 0 Å². The average Bonchev–Trinajstić information content (AvgIpc) is 3.68. The molecule has 57 heavy (non-hydrogen) atoms. The molecule has 0 bridgehead atoms. The minimum atomic E-state index is -3.03. The van der Waals surface area contributed by atoms with Crippen molar-refractivity contribution in [1.82, 2.24) is 15.0 Å². The van der Waals surface area contributed by atoms with E-state index >= 15 is 0 Å². The molecule has 0 unspecified atom stereocenters. The van der Waals surface area contributed by atoms with Gasteiger partial charge in [0.2, 0.25) is 0 Å². The summed E-state index contributed by atoms with van der Waals surface area (Å²) >= 11 is 1.80. The molecule has 270 valence electrons. The van der Waals surface area contributed by atoms with Gasteiger partial charge in [-0.1, -0.05) is 182 Å². The maximum Gasteiger partial charge on any atom is 0.171 e. The third-order valence-electron chi connectivity index (χ3n) is 10.5. The Morgan fingerprint density at radius 2 is 0.684 bits per heavy atom. The molecule has 4 nitrogen and oxygen atoms in total. The summed E-state index contributed by atoms with van der Waals surface area (Å²) in [5.74, 6) is 1.91. The van der Waals surface area contributed by atoms with E-state index in [-0.39, 0.29) is 0 Å². The van der Waals surface area contributed by atoms with E-state index in [1.807, 2.05) is 103 Å². The van der Waals surface area contributed by atoms with E-state index in [2.05, 4.69) is 103 Å². The second-order valence-corrected chi connectivity index (χ2v) is 17.8. The molecule has 0 aliphatic rings. The SMILES string of the molecule is O=P(c1ccccc1)(c1ccccc1)c1ccc(-c2ccc(-c3ccc(-c4nc(-c5ccccc5)nc(-c5ccc6sc7ccccc7c6c5)n4)cc3)cc2)cc1. The molecule has 0 aliphatic carbocycles. The van der Waals surface area contributed by atoms with Crippen molar-refractivity contribution in [2.45, 2.75) is 0 Å². The summed E-state index contributed by atoms with van der Waals surface area (Å²) in [5, 5.41) is 4.93. The lowest BCUT2D eigenvalue weighted by atomic mass is 9.99. The monoisotopic (exact) mass is 767 g/mol. The van der Waals surface area contributed by atoms with Gasteiger partial charge in [-0.3, -0.25) is 0 Å². The van der Waals surface area contributed by atoms with E-state index in [1.54, 1.807) is 11.3 Å². The molecule has 6 heteroatoms. The molecular weight excluding hydrogens is 734 g/mol. The summed E-state index contributed by atoms with van der Waals surface area (Å²) in [6.07, 6.45) is 0. The fourth-order valence-electron chi connectivity index (χ4n) is 7.47. The lowest BCUT2D eigenvalue weighted by Crippen LogP contribution is -2.24. The van der Waals surface area contributed by atoms with Crippen LogP contribution in [0.25, 0.3) is 76.6 Å². The Labute approximate surface area is 335 Å². The topological polar surface area (TPSA) is 55.7 Å². The van der Waals surface area contributed by atoms with Gasteiger partial charge in [0.1, 0.15) is 0 Å². The lowest BCUT2D eigenvalue weighted by Gasteiger charge is -2.20. The maximum atomic E-state index is 14.8. The number of hydrogen-bond donors (Lipinski definition) is 0. The molecule has 0 spiro atoms. The third-order valence-corrected chi connectivity index (χ3v) is 14.7. The molecule has 2 heterocycles. The highest BCUT2D eigenvalue weighted by Crippen LogP contribution is 2.43. The quantitative estimate of drug-likeness (QED) is 0.145. The predicted molar refractivity (Wildman–Crippen MR) is 239 cm³/mol. The second-order valence-electron chi connectivity index (χ2n) is 14.0. The molecule has 0 fully saturated rings. The van der Waals surface area contributed by atoms with Gasteiger partial charge in [0.15, 0.2) is 24.6 Å². The van der Waals surface area contributed by atoms with E-state index in [1.165, 1.54) is 20.2 Å². The molecule has 0 amide bonds. The third kappa shape index (κ3) is 6.57. The van der Waals surface area contributed by atoms with Crippen molar-refractivity contribution in [2.24, 2.45) is 0 Å². The number of fused-ring (bicyclic) bond motifs is 3. The zero-order chi connectivity index (χ0) is 38.2. The minimum absolute atomic E-state index is 0.628. The number of aromatic nitrogens is 3. The molecule has 0 atom stereocenters. The van der Waals surface area contributed by atoms with Crippen molar-refractivity contribution in [3.63, 3.8) is 0 Å². The van der Waals surface area contributed by atoms with E-state index in [0.29, 0.717) is 17.5 Å². The first-order valence-corrected chi connectivity index (χ1v) is 21.4. The van der Waals surface area contributed by atoms with Crippen LogP contribution in [-0.4, -0.2) is 15.0 Å². The fraction of sp³-hybridized carbons (Fsp3) is 0. The minimum Gasteiger partial charge on any atom is -0.309 e. The second kappa shape index (κ2) is 14.7. The van der Waals surface area contributed by atoms with Crippen LogP contribution in [-0.2, 0) is 4.57 Å². The van der Waals surface area contributed by atoms with Crippen LogP contribution >= 0.6 is 18.5 Å². The highest BCUT2D eigenvalue weighted by atomic mass is 32.1. The molecule has 10 aromatic rings. The Kier molecular flexibility index (Phi) is 8.95. The van der Waals surface area contributed by atoms with Crippen LogP contribution < -0.4 is 15.9 Å². The van der Waals surface area contributed by atoms with Gasteiger partial charge >= 0.3 is 0 Å². The fourth-order valence-corrected chi connectivity index (χ4v) is 11.2. The zero-order valence-corrected chi connectivity index (χ0v) is 32.4. The molecule has 0 radical (unpaired) electrons. The van der Waals surface area contributed by atoms with E-state index in [0.717, 1.165) is 54.9 Å². The summed E-state index contributed by atoms with van der Waals surface area (Å²) in [6, 6.07) is 69.9. The molecular formula is C51H34N3OPS. The number of nitrogens with zero attached hydrogens (tertiary/aromatic N) is 3. The highest BCUT2D eigenvalue weighted by Gasteiger charge is 2.29. The first-order chi connectivity index (χ1) is 28.1. The van der Waals surface area contributed by atoms with Gasteiger partial charge in [0.05, 0.1) is 0 Å². The summed E-state index contributed by atoms with van der Waals surface area (Å²) in [4.78, 5) is 15.0. The van der Waals surface area contributed by atoms with Crippen LogP contribution in [0, 0.1) is 0 Å². The Morgan fingerprint density at radius 3 is 1.23 bits per heavy atom. The summed E-state index contributed by atoms with van der Waals surface area (Å²) in [7, 11) is -3.03. The molecule has 0 N–H and O–H groups in total. The Balaban J connectivity index is 0.940. The molecule has 8 aromatic carbocycles. The van der Waals surface area contributed by atoms with E-state index in [4.69, 9.17) is 15.0 Å². The van der Waals surface area contributed by atoms with Gasteiger partial charge in [-0.2, -0.15) is 0 Å². The largest absolute Gasteiger partial charge is 0.309 e. The predicted octanol–water partition coefficient (Wildman–Crippen LogP) is 12.2. The number of rotatable bonds is 8. The van der Waals surface area contributed by atoms with Gasteiger partial charge in [0.25, 0.3) is 0 Å². The summed E-state index contributed by atoms with van der Waals surface area (Å²) < 4.78 is 17.3. The smallest absolute Gasteiger partial charge is 0.171 e. The lowest BCUT2D eigenvalue weighted by molar-refractivity contribution is 0.592. The Morgan fingerprint density at radius 1 is 0.316 bits per heavy atom. The standard InChI is InChI=1S/C51H34N3OPS/c55-56(42-14-6-2-7-15-42,43-16-8-3-9-17-43)44-31-28-38(29-32-44)36-22-20-35(21-23-36)37-24-26-40(27-25-37)50-52-49(39-12-4-1-5-13-39)53-51(54-50)41-30-33-48-46(34-41)45-18-10-11-19-47(45)57-48/h1-34H. The van der Waals surface area contributed by atoms with Crippen LogP contribution in [0.4, 0.5) is 0 Å². The van der Waals surface area contributed by atoms with Crippen LogP contribution in [0.2, 0.25) is 0 Å². The normalized spacial score (nSPS) is 11.6. The molecule has 10 rings (SSSR count). The van der Waals surface area contributed by atoms with Gasteiger partial charge < -0.3 is 4.57 Å². The highest BCUT2D eigenvalue weighted by molar-refractivity contribution is 7.85. The van der Waals surface area contributed by atoms with Crippen molar-refractivity contribution in [1.29, 1.82) is 0 Å². The van der Waals surface area contributed by atoms with Crippen LogP contribution in [0.3, 0.4) is 0 Å². The van der Waals surface area contributed by atoms with Gasteiger partial charge in [-0.05, 0) is 46.5 Å². The molecule has 0 saturated carbocycles. The van der Waals surface area contributed by atoms with Crippen LogP contribution in [0.5, 0.6) is 0 Å². The first kappa shape index (κ1) is 34.7. The summed E-state index contributed by atoms with van der Waals surface area (Å²) in [6.45, 7) is 0. The van der Waals surface area contributed by atoms with Gasteiger partial charge in [0, 0.05) is 52.8 Å². The van der Waals surface area contributed by atoms with Crippen molar-refractivity contribution in [2.75, 3.05) is 0 Å². The van der Waals surface area contributed by atoms with Crippen molar-refractivity contribution in [3.05, 3.63) is 206 Å². The number of hydrogen-bond acceptors (Lipinski definition) is 5. The first-order valence-electron chi connectivity index (χ1n) is 18.9. The van der Waals surface area contributed by atoms with Crippen molar-refractivity contribution < 1.29 is 4.57 Å². The Bertz CT molecular complexity index is 3010. The maximum absolute atomic E-state index is 14.8. The molecule has 0 aliphatic heterocycles. The average molecular weight is 768 g/mol.